The number of anilines is 1. The fraction of sp³-hybridized carbons (Fsp3) is 0.550. The zero-order valence-electron chi connectivity index (χ0n) is 15.6. The van der Waals surface area contributed by atoms with E-state index in [1.165, 1.54) is 6.42 Å². The first kappa shape index (κ1) is 17.9. The van der Waals surface area contributed by atoms with Crippen LogP contribution < -0.4 is 10.6 Å². The van der Waals surface area contributed by atoms with Gasteiger partial charge in [-0.05, 0) is 18.9 Å². The highest BCUT2D eigenvalue weighted by Gasteiger charge is 2.44. The van der Waals surface area contributed by atoms with E-state index in [4.69, 9.17) is 16.0 Å². The third-order valence-electron chi connectivity index (χ3n) is 6.23. The number of nitrogens with zero attached hydrogens (tertiary/aromatic N) is 2. The molecule has 5 rings (SSSR count). The normalized spacial score (nSPS) is 22.2. The standard InChI is InChI=1S/C20H23ClN4O3/c21-13-10-14-18(28-15(22-14)11-25-8-4-12(26)5-9-25)16-17(13)23-19(27)24-20(16)6-2-1-3-7-20/h10H,1-9,11H2,(H2,23,24,27). The summed E-state index contributed by atoms with van der Waals surface area (Å²) in [5, 5.41) is 6.52. The molecule has 0 atom stereocenters. The van der Waals surface area contributed by atoms with Crippen LogP contribution >= 0.6 is 11.6 Å². The van der Waals surface area contributed by atoms with Crippen LogP contribution in [0.15, 0.2) is 10.5 Å². The SMILES string of the molecule is O=C1CCN(Cc2nc3cc(Cl)c4c(c3o2)C2(CCCCC2)NC(=O)N4)CC1. The molecule has 1 spiro atoms. The maximum atomic E-state index is 12.3. The molecule has 28 heavy (non-hydrogen) atoms. The molecule has 2 aliphatic heterocycles. The van der Waals surface area contributed by atoms with E-state index in [1.54, 1.807) is 6.07 Å². The average Bonchev–Trinajstić information content (AvgIpc) is 3.06. The van der Waals surface area contributed by atoms with Crippen molar-refractivity contribution in [2.75, 3.05) is 18.4 Å². The van der Waals surface area contributed by atoms with E-state index in [2.05, 4.69) is 20.5 Å². The van der Waals surface area contributed by atoms with Crippen molar-refractivity contribution in [2.45, 2.75) is 57.0 Å². The lowest BCUT2D eigenvalue weighted by molar-refractivity contribution is -0.121. The number of hydrogen-bond acceptors (Lipinski definition) is 5. The lowest BCUT2D eigenvalue weighted by Gasteiger charge is -2.42. The number of aromatic nitrogens is 1. The van der Waals surface area contributed by atoms with E-state index in [-0.39, 0.29) is 6.03 Å². The second kappa shape index (κ2) is 6.74. The van der Waals surface area contributed by atoms with Crippen molar-refractivity contribution < 1.29 is 14.0 Å². The van der Waals surface area contributed by atoms with E-state index in [0.29, 0.717) is 47.4 Å². The van der Waals surface area contributed by atoms with E-state index < -0.39 is 5.54 Å². The monoisotopic (exact) mass is 402 g/mol. The smallest absolute Gasteiger partial charge is 0.319 e. The molecule has 2 N–H and O–H groups in total. The van der Waals surface area contributed by atoms with Crippen LogP contribution in [0.3, 0.4) is 0 Å². The number of carbonyl (C=O) groups excluding carboxylic acids is 2. The number of rotatable bonds is 2. The molecule has 0 bridgehead atoms. The molecule has 1 saturated carbocycles. The molecule has 8 heteroatoms. The number of oxazole rings is 1. The van der Waals surface area contributed by atoms with E-state index in [9.17, 15) is 9.59 Å². The number of ketones is 1. The molecule has 2 fully saturated rings. The number of amides is 2. The highest BCUT2D eigenvalue weighted by atomic mass is 35.5. The first-order chi connectivity index (χ1) is 13.5. The van der Waals surface area contributed by atoms with Crippen LogP contribution in [0.1, 0.15) is 56.4 Å². The Labute approximate surface area is 167 Å². The Morgan fingerprint density at radius 2 is 1.93 bits per heavy atom. The Balaban J connectivity index is 1.57. The summed E-state index contributed by atoms with van der Waals surface area (Å²) in [5.41, 5.74) is 2.55. The summed E-state index contributed by atoms with van der Waals surface area (Å²) in [6.45, 7) is 2.04. The molecule has 1 saturated heterocycles. The molecule has 1 aromatic heterocycles. The van der Waals surface area contributed by atoms with Gasteiger partial charge in [-0.1, -0.05) is 30.9 Å². The maximum Gasteiger partial charge on any atom is 0.319 e. The van der Waals surface area contributed by atoms with Gasteiger partial charge in [0.1, 0.15) is 11.3 Å². The van der Waals surface area contributed by atoms with Crippen molar-refractivity contribution in [1.29, 1.82) is 0 Å². The molecule has 0 unspecified atom stereocenters. The zero-order valence-corrected chi connectivity index (χ0v) is 16.4. The second-order valence-corrected chi connectivity index (χ2v) is 8.51. The number of benzene rings is 1. The highest BCUT2D eigenvalue weighted by molar-refractivity contribution is 6.35. The van der Waals surface area contributed by atoms with Gasteiger partial charge >= 0.3 is 6.03 Å². The third kappa shape index (κ3) is 2.97. The first-order valence-corrected chi connectivity index (χ1v) is 10.4. The van der Waals surface area contributed by atoms with Gasteiger partial charge in [-0.2, -0.15) is 0 Å². The van der Waals surface area contributed by atoms with Gasteiger partial charge in [-0.15, -0.1) is 0 Å². The van der Waals surface area contributed by atoms with Crippen LogP contribution in [0, 0.1) is 0 Å². The van der Waals surface area contributed by atoms with Gasteiger partial charge in [-0.3, -0.25) is 9.69 Å². The van der Waals surface area contributed by atoms with Crippen molar-refractivity contribution in [3.05, 3.63) is 22.5 Å². The Morgan fingerprint density at radius 3 is 2.68 bits per heavy atom. The number of carbonyl (C=O) groups is 2. The number of nitrogens with one attached hydrogen (secondary N) is 2. The van der Waals surface area contributed by atoms with Crippen molar-refractivity contribution >= 4 is 40.2 Å². The predicted octanol–water partition coefficient (Wildman–Crippen LogP) is 3.94. The second-order valence-electron chi connectivity index (χ2n) is 8.10. The maximum absolute atomic E-state index is 12.3. The van der Waals surface area contributed by atoms with Crippen LogP contribution in [-0.4, -0.2) is 34.8 Å². The number of urea groups is 1. The molecule has 7 nitrogen and oxygen atoms in total. The summed E-state index contributed by atoms with van der Waals surface area (Å²) in [4.78, 5) is 30.7. The fourth-order valence-corrected chi connectivity index (χ4v) is 5.08. The van der Waals surface area contributed by atoms with Crippen LogP contribution in [0.5, 0.6) is 0 Å². The van der Waals surface area contributed by atoms with Gasteiger partial charge in [0.25, 0.3) is 0 Å². The van der Waals surface area contributed by atoms with Crippen LogP contribution in [0.25, 0.3) is 11.1 Å². The number of Topliss-reactive ketones (excluding diaryl/α,β-unsaturated/α-hetero) is 1. The van der Waals surface area contributed by atoms with Crippen molar-refractivity contribution in [3.63, 3.8) is 0 Å². The Hall–Kier alpha value is -2.12. The number of piperidine rings is 1. The summed E-state index contributed by atoms with van der Waals surface area (Å²) in [6, 6.07) is 1.55. The van der Waals surface area contributed by atoms with E-state index in [0.717, 1.165) is 49.9 Å². The van der Waals surface area contributed by atoms with Crippen molar-refractivity contribution in [2.24, 2.45) is 0 Å². The minimum atomic E-state index is -0.451. The van der Waals surface area contributed by atoms with Crippen LogP contribution in [0.2, 0.25) is 5.02 Å². The third-order valence-corrected chi connectivity index (χ3v) is 6.52. The van der Waals surface area contributed by atoms with Gasteiger partial charge in [-0.25, -0.2) is 9.78 Å². The van der Waals surface area contributed by atoms with E-state index in [1.807, 2.05) is 0 Å². The van der Waals surface area contributed by atoms with Crippen molar-refractivity contribution in [3.8, 4) is 0 Å². The molecule has 1 aliphatic carbocycles. The Bertz CT molecular complexity index is 954. The fourth-order valence-electron chi connectivity index (χ4n) is 4.83. The minimum absolute atomic E-state index is 0.214. The molecule has 1 aromatic carbocycles. The molecular weight excluding hydrogens is 380 g/mol. The summed E-state index contributed by atoms with van der Waals surface area (Å²) in [6.07, 6.45) is 6.17. The number of likely N-dealkylation sites (tertiary alicyclic amines) is 1. The van der Waals surface area contributed by atoms with Gasteiger partial charge < -0.3 is 15.1 Å². The van der Waals surface area contributed by atoms with E-state index >= 15 is 0 Å². The lowest BCUT2D eigenvalue weighted by Crippen LogP contribution is -2.52. The van der Waals surface area contributed by atoms with Crippen LogP contribution in [0.4, 0.5) is 10.5 Å². The highest BCUT2D eigenvalue weighted by Crippen LogP contribution is 2.48. The average molecular weight is 403 g/mol. The lowest BCUT2D eigenvalue weighted by atomic mass is 9.74. The molecule has 2 aromatic rings. The Morgan fingerprint density at radius 1 is 1.18 bits per heavy atom. The van der Waals surface area contributed by atoms with Gasteiger partial charge in [0, 0.05) is 31.5 Å². The quantitative estimate of drug-likeness (QED) is 0.794. The van der Waals surface area contributed by atoms with Gasteiger partial charge in [0.2, 0.25) is 5.89 Å². The molecule has 2 amide bonds. The Kier molecular flexibility index (Phi) is 4.32. The molecular formula is C20H23ClN4O3. The van der Waals surface area contributed by atoms with Crippen LogP contribution in [-0.2, 0) is 16.9 Å². The van der Waals surface area contributed by atoms with Gasteiger partial charge in [0.05, 0.1) is 22.8 Å². The minimum Gasteiger partial charge on any atom is -0.439 e. The summed E-state index contributed by atoms with van der Waals surface area (Å²) >= 11 is 6.53. The van der Waals surface area contributed by atoms with Gasteiger partial charge in [0.15, 0.2) is 5.58 Å². The largest absolute Gasteiger partial charge is 0.439 e. The summed E-state index contributed by atoms with van der Waals surface area (Å²) < 4.78 is 6.23. The topological polar surface area (TPSA) is 87.5 Å². The molecule has 3 aliphatic rings. The number of hydrogen-bond donors (Lipinski definition) is 2. The molecule has 3 heterocycles. The molecule has 0 radical (unpaired) electrons. The zero-order chi connectivity index (χ0) is 19.3. The number of halogens is 1. The predicted molar refractivity (Wildman–Crippen MR) is 105 cm³/mol. The number of fused-ring (bicyclic) bond motifs is 4. The summed E-state index contributed by atoms with van der Waals surface area (Å²) in [5.74, 6) is 0.937. The summed E-state index contributed by atoms with van der Waals surface area (Å²) in [7, 11) is 0. The first-order valence-electron chi connectivity index (χ1n) is 10.00. The molecule has 148 valence electrons. The van der Waals surface area contributed by atoms with Crippen molar-refractivity contribution in [1.82, 2.24) is 15.2 Å².